The topological polar surface area (TPSA) is 67.8 Å². The molecule has 0 aromatic carbocycles. The smallest absolute Gasteiger partial charge is 0.259 e. The first kappa shape index (κ1) is 12.7. The Morgan fingerprint density at radius 3 is 2.61 bits per heavy atom. The van der Waals surface area contributed by atoms with E-state index in [0.29, 0.717) is 16.4 Å². The summed E-state index contributed by atoms with van der Waals surface area (Å²) in [4.78, 5) is 23.6. The molecule has 2 aromatic rings. The van der Waals surface area contributed by atoms with Crippen LogP contribution in [0.1, 0.15) is 16.1 Å². The molecule has 2 aromatic heterocycles. The van der Waals surface area contributed by atoms with Gasteiger partial charge in [-0.15, -0.1) is 0 Å². The van der Waals surface area contributed by atoms with E-state index in [1.54, 1.807) is 19.1 Å². The van der Waals surface area contributed by atoms with Crippen LogP contribution in [0.5, 0.6) is 0 Å². The summed E-state index contributed by atoms with van der Waals surface area (Å²) in [6, 6.07) is 4.68. The fourth-order valence-corrected chi connectivity index (χ4v) is 1.62. The van der Waals surface area contributed by atoms with Crippen molar-refractivity contribution in [1.82, 2.24) is 15.0 Å². The largest absolute Gasteiger partial charge is 0.290 e. The maximum Gasteiger partial charge on any atom is 0.259 e. The number of nitrogens with zero attached hydrogens (tertiary/aromatic N) is 3. The van der Waals surface area contributed by atoms with Crippen LogP contribution in [0, 0.1) is 6.92 Å². The van der Waals surface area contributed by atoms with E-state index in [0.717, 1.165) is 0 Å². The summed E-state index contributed by atoms with van der Waals surface area (Å²) in [7, 11) is 0. The van der Waals surface area contributed by atoms with E-state index in [1.165, 1.54) is 12.3 Å². The Balaban J connectivity index is 2.18. The molecule has 92 valence electrons. The summed E-state index contributed by atoms with van der Waals surface area (Å²) in [5.74, 6) is -0.221. The number of hydrogen-bond acceptors (Lipinski definition) is 4. The van der Waals surface area contributed by atoms with Crippen LogP contribution < -0.4 is 5.32 Å². The molecule has 0 saturated heterocycles. The van der Waals surface area contributed by atoms with Crippen LogP contribution in [0.4, 0.5) is 5.95 Å². The molecule has 0 fully saturated rings. The number of rotatable bonds is 2. The molecule has 2 heterocycles. The van der Waals surface area contributed by atoms with E-state index >= 15 is 0 Å². The van der Waals surface area contributed by atoms with Crippen molar-refractivity contribution in [2.24, 2.45) is 0 Å². The summed E-state index contributed by atoms with van der Waals surface area (Å²) in [6.07, 6.45) is 1.37. The summed E-state index contributed by atoms with van der Waals surface area (Å²) in [5.41, 5.74) is 1.03. The van der Waals surface area contributed by atoms with Crippen molar-refractivity contribution < 1.29 is 4.79 Å². The maximum absolute atomic E-state index is 11.8. The standard InChI is InChI=1S/C11H8Cl2N4O/c1-6-4-9(13)16-11(15-6)17-10(18)7-2-3-8(12)14-5-7/h2-5H,1H3,(H,15,16,17,18). The third-order valence-corrected chi connectivity index (χ3v) is 2.46. The molecule has 0 aliphatic carbocycles. The fourth-order valence-electron chi connectivity index (χ4n) is 1.27. The van der Waals surface area contributed by atoms with Crippen molar-refractivity contribution in [1.29, 1.82) is 0 Å². The van der Waals surface area contributed by atoms with Crippen LogP contribution in [0.3, 0.4) is 0 Å². The molecule has 0 aliphatic rings. The quantitative estimate of drug-likeness (QED) is 0.679. The number of carbonyl (C=O) groups is 1. The van der Waals surface area contributed by atoms with Crippen molar-refractivity contribution >= 4 is 35.1 Å². The lowest BCUT2D eigenvalue weighted by molar-refractivity contribution is 0.102. The number of nitrogens with one attached hydrogen (secondary N) is 1. The van der Waals surface area contributed by atoms with Gasteiger partial charge in [0.1, 0.15) is 10.3 Å². The second-order valence-corrected chi connectivity index (χ2v) is 4.25. The first-order valence-corrected chi connectivity index (χ1v) is 5.74. The van der Waals surface area contributed by atoms with Crippen molar-refractivity contribution in [2.75, 3.05) is 5.32 Å². The molecule has 7 heteroatoms. The van der Waals surface area contributed by atoms with Gasteiger partial charge in [-0.3, -0.25) is 10.1 Å². The van der Waals surface area contributed by atoms with Gasteiger partial charge in [0, 0.05) is 11.9 Å². The lowest BCUT2D eigenvalue weighted by Gasteiger charge is -2.04. The third-order valence-electron chi connectivity index (χ3n) is 2.04. The van der Waals surface area contributed by atoms with E-state index in [-0.39, 0.29) is 17.0 Å². The highest BCUT2D eigenvalue weighted by Gasteiger charge is 2.09. The predicted molar refractivity (Wildman–Crippen MR) is 69.0 cm³/mol. The summed E-state index contributed by atoms with van der Waals surface area (Å²) in [5, 5.41) is 3.12. The van der Waals surface area contributed by atoms with E-state index in [2.05, 4.69) is 20.3 Å². The molecule has 0 saturated carbocycles. The highest BCUT2D eigenvalue weighted by atomic mass is 35.5. The maximum atomic E-state index is 11.8. The molecule has 0 atom stereocenters. The summed E-state index contributed by atoms with van der Waals surface area (Å²) >= 11 is 11.4. The summed E-state index contributed by atoms with van der Waals surface area (Å²) in [6.45, 7) is 1.76. The minimum Gasteiger partial charge on any atom is -0.290 e. The average Bonchev–Trinajstić information content (AvgIpc) is 2.28. The van der Waals surface area contributed by atoms with E-state index in [9.17, 15) is 4.79 Å². The van der Waals surface area contributed by atoms with Crippen LogP contribution in [0.25, 0.3) is 0 Å². The van der Waals surface area contributed by atoms with Crippen LogP contribution >= 0.6 is 23.2 Å². The van der Waals surface area contributed by atoms with Gasteiger partial charge in [-0.05, 0) is 25.1 Å². The molecular formula is C11H8Cl2N4O. The van der Waals surface area contributed by atoms with Gasteiger partial charge in [0.2, 0.25) is 5.95 Å². The molecule has 18 heavy (non-hydrogen) atoms. The number of aryl methyl sites for hydroxylation is 1. The van der Waals surface area contributed by atoms with Crippen LogP contribution in [-0.4, -0.2) is 20.9 Å². The Morgan fingerprint density at radius 2 is 2.00 bits per heavy atom. The average molecular weight is 283 g/mol. The number of carbonyl (C=O) groups excluding carboxylic acids is 1. The van der Waals surface area contributed by atoms with Crippen molar-refractivity contribution in [3.8, 4) is 0 Å². The van der Waals surface area contributed by atoms with Crippen LogP contribution in [0.15, 0.2) is 24.4 Å². The normalized spacial score (nSPS) is 10.2. The molecular weight excluding hydrogens is 275 g/mol. The second kappa shape index (κ2) is 5.29. The minimum absolute atomic E-state index is 0.153. The zero-order chi connectivity index (χ0) is 13.1. The van der Waals surface area contributed by atoms with Gasteiger partial charge < -0.3 is 0 Å². The fraction of sp³-hybridized carbons (Fsp3) is 0.0909. The number of aromatic nitrogens is 3. The highest BCUT2D eigenvalue weighted by molar-refractivity contribution is 6.29. The number of pyridine rings is 1. The zero-order valence-corrected chi connectivity index (χ0v) is 10.8. The third kappa shape index (κ3) is 3.15. The van der Waals surface area contributed by atoms with Gasteiger partial charge in [0.25, 0.3) is 5.91 Å². The molecule has 0 bridgehead atoms. The molecule has 1 amide bonds. The molecule has 0 aliphatic heterocycles. The minimum atomic E-state index is -0.374. The van der Waals surface area contributed by atoms with Gasteiger partial charge in [-0.1, -0.05) is 23.2 Å². The number of hydrogen-bond donors (Lipinski definition) is 1. The molecule has 1 N–H and O–H groups in total. The van der Waals surface area contributed by atoms with Gasteiger partial charge in [0.15, 0.2) is 0 Å². The van der Waals surface area contributed by atoms with Crippen molar-refractivity contribution in [3.63, 3.8) is 0 Å². The number of halogens is 2. The van der Waals surface area contributed by atoms with Gasteiger partial charge in [-0.2, -0.15) is 0 Å². The Bertz CT molecular complexity index is 566. The number of amides is 1. The van der Waals surface area contributed by atoms with Crippen LogP contribution in [-0.2, 0) is 0 Å². The van der Waals surface area contributed by atoms with Gasteiger partial charge >= 0.3 is 0 Å². The Kier molecular flexibility index (Phi) is 3.74. The molecule has 5 nitrogen and oxygen atoms in total. The Labute approximate surface area is 113 Å². The van der Waals surface area contributed by atoms with E-state index in [4.69, 9.17) is 23.2 Å². The Hall–Kier alpha value is -1.72. The SMILES string of the molecule is Cc1cc(Cl)nc(NC(=O)c2ccc(Cl)nc2)n1. The highest BCUT2D eigenvalue weighted by Crippen LogP contribution is 2.11. The van der Waals surface area contributed by atoms with E-state index in [1.807, 2.05) is 0 Å². The second-order valence-electron chi connectivity index (χ2n) is 3.48. The first-order valence-electron chi connectivity index (χ1n) is 4.99. The molecule has 2 rings (SSSR count). The van der Waals surface area contributed by atoms with Gasteiger partial charge in [-0.25, -0.2) is 15.0 Å². The van der Waals surface area contributed by atoms with Crippen LogP contribution in [0.2, 0.25) is 10.3 Å². The molecule has 0 radical (unpaired) electrons. The molecule has 0 unspecified atom stereocenters. The van der Waals surface area contributed by atoms with Crippen molar-refractivity contribution in [2.45, 2.75) is 6.92 Å². The lowest BCUT2D eigenvalue weighted by atomic mass is 10.3. The Morgan fingerprint density at radius 1 is 1.22 bits per heavy atom. The summed E-state index contributed by atoms with van der Waals surface area (Å²) < 4.78 is 0. The molecule has 0 spiro atoms. The van der Waals surface area contributed by atoms with Crippen molar-refractivity contribution in [3.05, 3.63) is 46.0 Å². The predicted octanol–water partition coefficient (Wildman–Crippen LogP) is 2.74. The van der Waals surface area contributed by atoms with E-state index < -0.39 is 0 Å². The first-order chi connectivity index (χ1) is 8.54. The lowest BCUT2D eigenvalue weighted by Crippen LogP contribution is -2.14. The number of anilines is 1. The van der Waals surface area contributed by atoms with Gasteiger partial charge in [0.05, 0.1) is 5.56 Å². The zero-order valence-electron chi connectivity index (χ0n) is 9.32. The monoisotopic (exact) mass is 282 g/mol.